The molecule has 0 spiro atoms. The molecule has 3 rings (SSSR count). The van der Waals surface area contributed by atoms with E-state index in [9.17, 15) is 4.79 Å². The monoisotopic (exact) mass is 341 g/mol. The summed E-state index contributed by atoms with van der Waals surface area (Å²) in [5, 5.41) is 2.99. The summed E-state index contributed by atoms with van der Waals surface area (Å²) >= 11 is 0. The Labute approximate surface area is 147 Å². The molecule has 0 bridgehead atoms. The number of benzene rings is 2. The maximum absolute atomic E-state index is 12.5. The molecular weight excluding hydrogens is 318 g/mol. The number of rotatable bonds is 6. The topological polar surface area (TPSA) is 56.8 Å². The lowest BCUT2D eigenvalue weighted by atomic mass is 9.95. The number of nitrogens with one attached hydrogen (secondary N) is 1. The van der Waals surface area contributed by atoms with E-state index in [4.69, 9.17) is 14.2 Å². The third kappa shape index (κ3) is 4.24. The van der Waals surface area contributed by atoms with E-state index in [1.54, 1.807) is 7.11 Å². The lowest BCUT2D eigenvalue weighted by Crippen LogP contribution is -2.37. The van der Waals surface area contributed by atoms with Crippen LogP contribution in [0.15, 0.2) is 42.5 Å². The van der Waals surface area contributed by atoms with Gasteiger partial charge < -0.3 is 19.5 Å². The molecule has 0 saturated carbocycles. The zero-order chi connectivity index (χ0) is 17.6. The largest absolute Gasteiger partial charge is 0.497 e. The fourth-order valence-corrected chi connectivity index (χ4v) is 2.87. The Morgan fingerprint density at radius 3 is 2.68 bits per heavy atom. The number of fused-ring (bicyclic) bond motifs is 1. The van der Waals surface area contributed by atoms with Crippen LogP contribution in [-0.2, 0) is 17.8 Å². The van der Waals surface area contributed by atoms with Gasteiger partial charge in [0.1, 0.15) is 23.9 Å². The Balaban J connectivity index is 1.56. The summed E-state index contributed by atoms with van der Waals surface area (Å²) < 4.78 is 16.4. The number of carbonyl (C=O) groups is 1. The molecule has 0 aliphatic carbocycles. The number of methoxy groups -OCH3 is 1. The summed E-state index contributed by atoms with van der Waals surface area (Å²) in [6.07, 6.45) is 0.654. The first kappa shape index (κ1) is 17.1. The van der Waals surface area contributed by atoms with E-state index >= 15 is 0 Å². The van der Waals surface area contributed by atoms with Gasteiger partial charge in [0.25, 0.3) is 0 Å². The van der Waals surface area contributed by atoms with Gasteiger partial charge in [0.15, 0.2) is 0 Å². The first-order valence-corrected chi connectivity index (χ1v) is 8.48. The average Bonchev–Trinajstić information content (AvgIpc) is 2.66. The van der Waals surface area contributed by atoms with Crippen LogP contribution in [0.5, 0.6) is 17.2 Å². The van der Waals surface area contributed by atoms with Crippen molar-refractivity contribution < 1.29 is 19.0 Å². The van der Waals surface area contributed by atoms with Crippen LogP contribution in [0.1, 0.15) is 18.1 Å². The van der Waals surface area contributed by atoms with Gasteiger partial charge in [0.2, 0.25) is 5.91 Å². The second-order valence-electron chi connectivity index (χ2n) is 5.98. The number of hydrogen-bond donors (Lipinski definition) is 1. The van der Waals surface area contributed by atoms with E-state index in [1.165, 1.54) is 0 Å². The highest BCUT2D eigenvalue weighted by molar-refractivity contribution is 5.79. The van der Waals surface area contributed by atoms with Crippen molar-refractivity contribution >= 4 is 5.91 Å². The molecule has 1 heterocycles. The molecule has 1 aliphatic rings. The molecule has 1 N–H and O–H groups in total. The summed E-state index contributed by atoms with van der Waals surface area (Å²) in [7, 11) is 1.63. The zero-order valence-electron chi connectivity index (χ0n) is 14.6. The molecular formula is C20H23NO4. The Kier molecular flexibility index (Phi) is 5.43. The molecule has 5 heteroatoms. The molecule has 0 unspecified atom stereocenters. The predicted octanol–water partition coefficient (Wildman–Crippen LogP) is 2.96. The van der Waals surface area contributed by atoms with Crippen LogP contribution in [0.3, 0.4) is 0 Å². The zero-order valence-corrected chi connectivity index (χ0v) is 14.6. The molecule has 1 amide bonds. The van der Waals surface area contributed by atoms with E-state index in [0.29, 0.717) is 26.2 Å². The molecule has 0 fully saturated rings. The molecule has 25 heavy (non-hydrogen) atoms. The lowest BCUT2D eigenvalue weighted by Gasteiger charge is -2.25. The van der Waals surface area contributed by atoms with Crippen LogP contribution in [-0.4, -0.2) is 26.2 Å². The Hall–Kier alpha value is -2.69. The standard InChI is InChI=1S/C20H23NO4/c1-3-24-17-6-4-14(5-7-17)12-21-20(22)16-10-15-11-18(23-2)8-9-19(15)25-13-16/h4-9,11,16H,3,10,12-13H2,1-2H3,(H,21,22)/t16-/m1/s1. The third-order valence-corrected chi connectivity index (χ3v) is 4.25. The Bertz CT molecular complexity index is 727. The van der Waals surface area contributed by atoms with Crippen molar-refractivity contribution in [1.82, 2.24) is 5.32 Å². The van der Waals surface area contributed by atoms with Gasteiger partial charge in [-0.05, 0) is 54.8 Å². The second kappa shape index (κ2) is 7.92. The van der Waals surface area contributed by atoms with E-state index < -0.39 is 0 Å². The normalized spacial score (nSPS) is 15.7. The van der Waals surface area contributed by atoms with Gasteiger partial charge in [0.05, 0.1) is 19.6 Å². The summed E-state index contributed by atoms with van der Waals surface area (Å²) in [5.74, 6) is 2.25. The summed E-state index contributed by atoms with van der Waals surface area (Å²) in [4.78, 5) is 12.5. The molecule has 1 atom stereocenters. The smallest absolute Gasteiger partial charge is 0.227 e. The summed E-state index contributed by atoms with van der Waals surface area (Å²) in [6.45, 7) is 3.49. The fourth-order valence-electron chi connectivity index (χ4n) is 2.87. The Morgan fingerprint density at radius 1 is 1.20 bits per heavy atom. The number of ether oxygens (including phenoxy) is 3. The lowest BCUT2D eigenvalue weighted by molar-refractivity contribution is -0.126. The number of amides is 1. The van der Waals surface area contributed by atoms with E-state index in [0.717, 1.165) is 28.4 Å². The van der Waals surface area contributed by atoms with Crippen molar-refractivity contribution in [2.75, 3.05) is 20.3 Å². The SMILES string of the molecule is CCOc1ccc(CNC(=O)[C@H]2COc3ccc(OC)cc3C2)cc1. The van der Waals surface area contributed by atoms with E-state index in [2.05, 4.69) is 5.32 Å². The van der Waals surface area contributed by atoms with Gasteiger partial charge >= 0.3 is 0 Å². The van der Waals surface area contributed by atoms with Crippen LogP contribution < -0.4 is 19.5 Å². The molecule has 0 aromatic heterocycles. The van der Waals surface area contributed by atoms with Gasteiger partial charge in [-0.25, -0.2) is 0 Å². The van der Waals surface area contributed by atoms with Crippen molar-refractivity contribution in [3.63, 3.8) is 0 Å². The first-order chi connectivity index (χ1) is 12.2. The van der Waals surface area contributed by atoms with Crippen molar-refractivity contribution in [3.8, 4) is 17.2 Å². The molecule has 2 aromatic rings. The highest BCUT2D eigenvalue weighted by Gasteiger charge is 2.26. The third-order valence-electron chi connectivity index (χ3n) is 4.25. The van der Waals surface area contributed by atoms with Crippen LogP contribution in [0.25, 0.3) is 0 Å². The van der Waals surface area contributed by atoms with Crippen molar-refractivity contribution in [3.05, 3.63) is 53.6 Å². The van der Waals surface area contributed by atoms with Crippen LogP contribution in [0, 0.1) is 5.92 Å². The fraction of sp³-hybridized carbons (Fsp3) is 0.350. The number of hydrogen-bond acceptors (Lipinski definition) is 4. The highest BCUT2D eigenvalue weighted by Crippen LogP contribution is 2.30. The van der Waals surface area contributed by atoms with Gasteiger partial charge in [-0.15, -0.1) is 0 Å². The maximum Gasteiger partial charge on any atom is 0.227 e. The van der Waals surface area contributed by atoms with Crippen LogP contribution in [0.2, 0.25) is 0 Å². The first-order valence-electron chi connectivity index (χ1n) is 8.48. The quantitative estimate of drug-likeness (QED) is 0.878. The van der Waals surface area contributed by atoms with E-state index in [1.807, 2.05) is 49.4 Å². The van der Waals surface area contributed by atoms with Crippen LogP contribution >= 0.6 is 0 Å². The minimum Gasteiger partial charge on any atom is -0.497 e. The van der Waals surface area contributed by atoms with Crippen molar-refractivity contribution in [1.29, 1.82) is 0 Å². The summed E-state index contributed by atoms with van der Waals surface area (Å²) in [5.41, 5.74) is 2.04. The Morgan fingerprint density at radius 2 is 1.96 bits per heavy atom. The van der Waals surface area contributed by atoms with Gasteiger partial charge in [0, 0.05) is 6.54 Å². The number of carbonyl (C=O) groups excluding carboxylic acids is 1. The van der Waals surface area contributed by atoms with Gasteiger partial charge in [-0.2, -0.15) is 0 Å². The predicted molar refractivity (Wildman–Crippen MR) is 95.1 cm³/mol. The average molecular weight is 341 g/mol. The summed E-state index contributed by atoms with van der Waals surface area (Å²) in [6, 6.07) is 13.4. The minimum atomic E-state index is -0.192. The molecule has 132 valence electrons. The highest BCUT2D eigenvalue weighted by atomic mass is 16.5. The molecule has 1 aliphatic heterocycles. The van der Waals surface area contributed by atoms with Crippen LogP contribution in [0.4, 0.5) is 0 Å². The maximum atomic E-state index is 12.5. The molecule has 5 nitrogen and oxygen atoms in total. The second-order valence-corrected chi connectivity index (χ2v) is 5.98. The van der Waals surface area contributed by atoms with Gasteiger partial charge in [-0.1, -0.05) is 12.1 Å². The molecule has 0 saturated heterocycles. The molecule has 2 aromatic carbocycles. The van der Waals surface area contributed by atoms with Crippen molar-refractivity contribution in [2.45, 2.75) is 19.9 Å². The van der Waals surface area contributed by atoms with E-state index in [-0.39, 0.29) is 11.8 Å². The minimum absolute atomic E-state index is 0.00218. The van der Waals surface area contributed by atoms with Gasteiger partial charge in [-0.3, -0.25) is 4.79 Å². The molecule has 0 radical (unpaired) electrons. The van der Waals surface area contributed by atoms with Crippen molar-refractivity contribution in [2.24, 2.45) is 5.92 Å².